The Morgan fingerprint density at radius 1 is 1.39 bits per heavy atom. The Labute approximate surface area is 141 Å². The molecule has 3 rings (SSSR count). The van der Waals surface area contributed by atoms with Gasteiger partial charge < -0.3 is 14.7 Å². The first-order valence-electron chi connectivity index (χ1n) is 8.53. The number of amides is 2. The van der Waals surface area contributed by atoms with Crippen molar-refractivity contribution in [3.63, 3.8) is 0 Å². The minimum Gasteiger partial charge on any atom is -0.364 e. The Morgan fingerprint density at radius 3 is 2.91 bits per heavy atom. The van der Waals surface area contributed by atoms with Crippen LogP contribution in [0.1, 0.15) is 31.9 Å². The van der Waals surface area contributed by atoms with Gasteiger partial charge in [-0.3, -0.25) is 4.90 Å². The van der Waals surface area contributed by atoms with Crippen LogP contribution < -0.4 is 5.32 Å². The molecule has 1 aromatic heterocycles. The molecule has 1 N–H and O–H groups in total. The molecule has 0 bridgehead atoms. The molecular formula is C16H26N4O2S. The number of urea groups is 1. The van der Waals surface area contributed by atoms with Crippen molar-refractivity contribution in [2.75, 3.05) is 31.9 Å². The molecule has 2 amide bonds. The van der Waals surface area contributed by atoms with Crippen molar-refractivity contribution in [1.29, 1.82) is 0 Å². The fraction of sp³-hybridized carbons (Fsp3) is 0.750. The standard InChI is InChI=1S/C16H26N4O2S/c1-2-23-15-4-3-13(11-15)17-16(21)20-8-6-19(7-9-20)12-14-5-10-22-18-14/h5,10,13,15H,2-4,6-9,11-12H2,1H3,(H,17,21)/t13-,15+/m1/s1. The summed E-state index contributed by atoms with van der Waals surface area (Å²) in [6, 6.07) is 2.36. The van der Waals surface area contributed by atoms with E-state index in [-0.39, 0.29) is 6.03 Å². The van der Waals surface area contributed by atoms with Crippen LogP contribution in [0.15, 0.2) is 16.9 Å². The Kier molecular flexibility index (Phi) is 5.83. The number of piperazine rings is 1. The zero-order valence-electron chi connectivity index (χ0n) is 13.7. The molecule has 2 atom stereocenters. The van der Waals surface area contributed by atoms with E-state index in [1.54, 1.807) is 6.26 Å². The molecule has 2 aliphatic rings. The molecule has 6 nitrogen and oxygen atoms in total. The number of aromatic nitrogens is 1. The summed E-state index contributed by atoms with van der Waals surface area (Å²) in [6.07, 6.45) is 5.07. The van der Waals surface area contributed by atoms with Crippen LogP contribution in [-0.2, 0) is 6.54 Å². The summed E-state index contributed by atoms with van der Waals surface area (Å²) in [7, 11) is 0. The lowest BCUT2D eigenvalue weighted by Gasteiger charge is -2.34. The first kappa shape index (κ1) is 16.6. The summed E-state index contributed by atoms with van der Waals surface area (Å²) in [4.78, 5) is 16.7. The fourth-order valence-electron chi connectivity index (χ4n) is 3.38. The molecule has 0 spiro atoms. The van der Waals surface area contributed by atoms with Gasteiger partial charge in [-0.2, -0.15) is 11.8 Å². The van der Waals surface area contributed by atoms with E-state index in [4.69, 9.17) is 4.52 Å². The van der Waals surface area contributed by atoms with E-state index in [0.717, 1.165) is 56.5 Å². The smallest absolute Gasteiger partial charge is 0.317 e. The highest BCUT2D eigenvalue weighted by Gasteiger charge is 2.28. The molecule has 2 fully saturated rings. The van der Waals surface area contributed by atoms with Crippen LogP contribution in [0.3, 0.4) is 0 Å². The number of thioether (sulfide) groups is 1. The largest absolute Gasteiger partial charge is 0.364 e. The molecule has 128 valence electrons. The van der Waals surface area contributed by atoms with Gasteiger partial charge in [-0.05, 0) is 25.0 Å². The number of carbonyl (C=O) groups is 1. The lowest BCUT2D eigenvalue weighted by Crippen LogP contribution is -2.53. The first-order chi connectivity index (χ1) is 11.2. The normalized spacial score (nSPS) is 25.7. The molecule has 7 heteroatoms. The van der Waals surface area contributed by atoms with Crippen LogP contribution in [-0.4, -0.2) is 64.2 Å². The molecule has 1 aliphatic carbocycles. The van der Waals surface area contributed by atoms with E-state index in [0.29, 0.717) is 6.04 Å². The van der Waals surface area contributed by atoms with E-state index in [1.165, 1.54) is 12.2 Å². The van der Waals surface area contributed by atoms with Crippen LogP contribution >= 0.6 is 11.8 Å². The van der Waals surface area contributed by atoms with Crippen LogP contribution in [0.4, 0.5) is 4.79 Å². The number of rotatable bonds is 5. The van der Waals surface area contributed by atoms with Gasteiger partial charge in [0.2, 0.25) is 0 Å². The molecule has 1 aromatic rings. The topological polar surface area (TPSA) is 61.6 Å². The fourth-order valence-corrected chi connectivity index (χ4v) is 4.52. The zero-order valence-corrected chi connectivity index (χ0v) is 14.6. The summed E-state index contributed by atoms with van der Waals surface area (Å²) in [5.41, 5.74) is 0.952. The first-order valence-corrected chi connectivity index (χ1v) is 9.58. The number of hydrogen-bond donors (Lipinski definition) is 1. The molecule has 0 aromatic carbocycles. The van der Waals surface area contributed by atoms with Crippen molar-refractivity contribution in [3.8, 4) is 0 Å². The van der Waals surface area contributed by atoms with E-state index in [1.807, 2.05) is 22.7 Å². The molecule has 1 saturated heterocycles. The maximum Gasteiger partial charge on any atom is 0.317 e. The monoisotopic (exact) mass is 338 g/mol. The summed E-state index contributed by atoms with van der Waals surface area (Å²) < 4.78 is 4.86. The number of carbonyl (C=O) groups excluding carboxylic acids is 1. The third-order valence-corrected chi connectivity index (χ3v) is 5.88. The minimum absolute atomic E-state index is 0.109. The van der Waals surface area contributed by atoms with Crippen molar-refractivity contribution in [1.82, 2.24) is 20.3 Å². The van der Waals surface area contributed by atoms with E-state index in [2.05, 4.69) is 22.3 Å². The Balaban J connectivity index is 1.38. The Morgan fingerprint density at radius 2 is 2.22 bits per heavy atom. The van der Waals surface area contributed by atoms with Crippen LogP contribution in [0.2, 0.25) is 0 Å². The van der Waals surface area contributed by atoms with Crippen LogP contribution in [0, 0.1) is 0 Å². The lowest BCUT2D eigenvalue weighted by molar-refractivity contribution is 0.131. The lowest BCUT2D eigenvalue weighted by atomic mass is 10.2. The molecule has 0 radical (unpaired) electrons. The van der Waals surface area contributed by atoms with Crippen molar-refractivity contribution in [2.45, 2.75) is 44.0 Å². The average Bonchev–Trinajstić information content (AvgIpc) is 3.21. The second-order valence-electron chi connectivity index (χ2n) is 6.29. The highest BCUT2D eigenvalue weighted by atomic mass is 32.2. The SMILES string of the molecule is CCS[C@H]1CC[C@@H](NC(=O)N2CCN(Cc3ccon3)CC2)C1. The van der Waals surface area contributed by atoms with Crippen molar-refractivity contribution in [2.24, 2.45) is 0 Å². The van der Waals surface area contributed by atoms with Gasteiger partial charge in [0.15, 0.2) is 0 Å². The molecular weight excluding hydrogens is 312 g/mol. The Hall–Kier alpha value is -1.21. The van der Waals surface area contributed by atoms with E-state index in [9.17, 15) is 4.79 Å². The van der Waals surface area contributed by atoms with Gasteiger partial charge in [-0.25, -0.2) is 4.79 Å². The van der Waals surface area contributed by atoms with Crippen molar-refractivity contribution < 1.29 is 9.32 Å². The number of nitrogens with one attached hydrogen (secondary N) is 1. The van der Waals surface area contributed by atoms with Gasteiger partial charge in [0.05, 0.1) is 5.69 Å². The summed E-state index contributed by atoms with van der Waals surface area (Å²) in [5, 5.41) is 7.90. The number of hydrogen-bond acceptors (Lipinski definition) is 5. The van der Waals surface area contributed by atoms with Gasteiger partial charge in [0, 0.05) is 50.1 Å². The summed E-state index contributed by atoms with van der Waals surface area (Å²) >= 11 is 2.02. The maximum atomic E-state index is 12.4. The highest BCUT2D eigenvalue weighted by molar-refractivity contribution is 7.99. The molecule has 0 unspecified atom stereocenters. The molecule has 1 saturated carbocycles. The quantitative estimate of drug-likeness (QED) is 0.891. The van der Waals surface area contributed by atoms with Gasteiger partial charge in [-0.15, -0.1) is 0 Å². The van der Waals surface area contributed by atoms with Gasteiger partial charge in [0.1, 0.15) is 6.26 Å². The van der Waals surface area contributed by atoms with Crippen molar-refractivity contribution >= 4 is 17.8 Å². The molecule has 23 heavy (non-hydrogen) atoms. The number of nitrogens with zero attached hydrogens (tertiary/aromatic N) is 3. The second-order valence-corrected chi connectivity index (χ2v) is 7.87. The third-order valence-electron chi connectivity index (χ3n) is 4.65. The molecule has 1 aliphatic heterocycles. The Bertz CT molecular complexity index is 488. The average molecular weight is 338 g/mol. The van der Waals surface area contributed by atoms with Crippen molar-refractivity contribution in [3.05, 3.63) is 18.0 Å². The third kappa shape index (κ3) is 4.64. The predicted molar refractivity (Wildman–Crippen MR) is 91.4 cm³/mol. The van der Waals surface area contributed by atoms with E-state index >= 15 is 0 Å². The second kappa shape index (κ2) is 8.06. The minimum atomic E-state index is 0.109. The van der Waals surface area contributed by atoms with Crippen LogP contribution in [0.5, 0.6) is 0 Å². The molecule has 2 heterocycles. The predicted octanol–water partition coefficient (Wildman–Crippen LogP) is 2.18. The van der Waals surface area contributed by atoms with E-state index < -0.39 is 0 Å². The van der Waals surface area contributed by atoms with Crippen LogP contribution in [0.25, 0.3) is 0 Å². The summed E-state index contributed by atoms with van der Waals surface area (Å²) in [5.74, 6) is 1.17. The summed E-state index contributed by atoms with van der Waals surface area (Å²) in [6.45, 7) is 6.34. The zero-order chi connectivity index (χ0) is 16.1. The maximum absolute atomic E-state index is 12.4. The van der Waals surface area contributed by atoms with Gasteiger partial charge >= 0.3 is 6.03 Å². The van der Waals surface area contributed by atoms with Gasteiger partial charge in [-0.1, -0.05) is 12.1 Å². The highest BCUT2D eigenvalue weighted by Crippen LogP contribution is 2.29. The van der Waals surface area contributed by atoms with Gasteiger partial charge in [0.25, 0.3) is 0 Å².